The van der Waals surface area contributed by atoms with E-state index in [1.807, 2.05) is 0 Å². The molecule has 7 nitrogen and oxygen atoms in total. The summed E-state index contributed by atoms with van der Waals surface area (Å²) in [5.41, 5.74) is 1.31. The summed E-state index contributed by atoms with van der Waals surface area (Å²) >= 11 is 0. The van der Waals surface area contributed by atoms with Crippen molar-refractivity contribution >= 4 is 27.5 Å². The molecule has 0 unspecified atom stereocenters. The quantitative estimate of drug-likeness (QED) is 0.454. The van der Waals surface area contributed by atoms with Crippen LogP contribution in [0.4, 0.5) is 10.1 Å². The molecule has 32 heavy (non-hydrogen) atoms. The van der Waals surface area contributed by atoms with Crippen LogP contribution >= 0.6 is 0 Å². The molecule has 0 aliphatic carbocycles. The average molecular weight is 456 g/mol. The third kappa shape index (κ3) is 5.92. The van der Waals surface area contributed by atoms with E-state index in [9.17, 15) is 22.4 Å². The predicted octanol–water partition coefficient (Wildman–Crippen LogP) is 3.09. The maximum absolute atomic E-state index is 13.6. The number of carbonyl (C=O) groups excluding carboxylic acids is 2. The fraction of sp³-hybridized carbons (Fsp3) is 0.130. The van der Waals surface area contributed by atoms with E-state index in [2.05, 4.69) is 15.4 Å². The van der Waals surface area contributed by atoms with Crippen LogP contribution in [0.15, 0.2) is 77.7 Å². The van der Waals surface area contributed by atoms with Crippen molar-refractivity contribution in [1.82, 2.24) is 10.6 Å². The Balaban J connectivity index is 1.48. The number of carbonyl (C=O) groups is 2. The zero-order valence-corrected chi connectivity index (χ0v) is 18.1. The molecule has 0 saturated carbocycles. The van der Waals surface area contributed by atoms with Crippen LogP contribution in [0, 0.1) is 12.7 Å². The van der Waals surface area contributed by atoms with Crippen molar-refractivity contribution in [2.24, 2.45) is 0 Å². The molecule has 0 aromatic heterocycles. The first-order valence-electron chi connectivity index (χ1n) is 9.77. The Morgan fingerprint density at radius 2 is 1.38 bits per heavy atom. The summed E-state index contributed by atoms with van der Waals surface area (Å²) in [6, 6.07) is 18.1. The fourth-order valence-electron chi connectivity index (χ4n) is 2.79. The number of aryl methyl sites for hydroxylation is 1. The summed E-state index contributed by atoms with van der Waals surface area (Å²) < 4.78 is 40.7. The van der Waals surface area contributed by atoms with Gasteiger partial charge in [-0.25, -0.2) is 12.8 Å². The number of benzene rings is 3. The zero-order valence-electron chi connectivity index (χ0n) is 17.3. The van der Waals surface area contributed by atoms with Gasteiger partial charge in [-0.3, -0.25) is 14.3 Å². The molecule has 166 valence electrons. The van der Waals surface area contributed by atoms with Gasteiger partial charge in [0.2, 0.25) is 0 Å². The summed E-state index contributed by atoms with van der Waals surface area (Å²) in [7, 11) is -3.71. The van der Waals surface area contributed by atoms with E-state index in [1.54, 1.807) is 25.1 Å². The summed E-state index contributed by atoms with van der Waals surface area (Å²) in [5.74, 6) is -1.27. The summed E-state index contributed by atoms with van der Waals surface area (Å²) in [5, 5.41) is 5.26. The lowest BCUT2D eigenvalue weighted by Crippen LogP contribution is -2.34. The van der Waals surface area contributed by atoms with Gasteiger partial charge >= 0.3 is 0 Å². The van der Waals surface area contributed by atoms with Crippen molar-refractivity contribution in [3.8, 4) is 0 Å². The van der Waals surface area contributed by atoms with Gasteiger partial charge in [0, 0.05) is 29.9 Å². The molecule has 0 atom stereocenters. The molecule has 0 heterocycles. The van der Waals surface area contributed by atoms with E-state index < -0.39 is 21.7 Å². The van der Waals surface area contributed by atoms with E-state index in [-0.39, 0.29) is 29.5 Å². The van der Waals surface area contributed by atoms with Gasteiger partial charge in [-0.05, 0) is 61.0 Å². The smallest absolute Gasteiger partial charge is 0.261 e. The van der Waals surface area contributed by atoms with Crippen molar-refractivity contribution in [3.63, 3.8) is 0 Å². The molecule has 3 rings (SSSR count). The van der Waals surface area contributed by atoms with Crippen molar-refractivity contribution in [1.29, 1.82) is 0 Å². The van der Waals surface area contributed by atoms with E-state index in [1.165, 1.54) is 48.5 Å². The molecule has 0 bridgehead atoms. The number of hydrogen-bond donors (Lipinski definition) is 3. The first kappa shape index (κ1) is 23.0. The number of sulfonamides is 1. The van der Waals surface area contributed by atoms with E-state index >= 15 is 0 Å². The minimum absolute atomic E-state index is 0.136. The van der Waals surface area contributed by atoms with E-state index in [4.69, 9.17) is 0 Å². The molecular weight excluding hydrogens is 433 g/mol. The SMILES string of the molecule is Cc1ccc(C(=O)NCCNC(=O)c2ccc(NS(=O)(=O)c3ccccc3)cc2)cc1F. The highest BCUT2D eigenvalue weighted by Crippen LogP contribution is 2.16. The second-order valence-electron chi connectivity index (χ2n) is 6.97. The van der Waals surface area contributed by atoms with E-state index in [0.29, 0.717) is 16.8 Å². The van der Waals surface area contributed by atoms with Crippen LogP contribution in [0.25, 0.3) is 0 Å². The summed E-state index contributed by atoms with van der Waals surface area (Å²) in [6.45, 7) is 1.94. The van der Waals surface area contributed by atoms with Crippen LogP contribution in [0.5, 0.6) is 0 Å². The topological polar surface area (TPSA) is 104 Å². The van der Waals surface area contributed by atoms with Gasteiger partial charge in [0.25, 0.3) is 21.8 Å². The molecule has 3 aromatic rings. The van der Waals surface area contributed by atoms with Crippen LogP contribution in [0.3, 0.4) is 0 Å². The number of rotatable bonds is 8. The van der Waals surface area contributed by atoms with Gasteiger partial charge in [0.1, 0.15) is 5.82 Å². The Kier molecular flexibility index (Phi) is 7.21. The monoisotopic (exact) mass is 455 g/mol. The third-order valence-corrected chi connectivity index (χ3v) is 5.98. The number of hydrogen-bond acceptors (Lipinski definition) is 4. The molecule has 3 N–H and O–H groups in total. The molecule has 9 heteroatoms. The number of halogens is 1. The highest BCUT2D eigenvalue weighted by atomic mass is 32.2. The second kappa shape index (κ2) is 10.1. The van der Waals surface area contributed by atoms with Gasteiger partial charge in [-0.15, -0.1) is 0 Å². The summed E-state index contributed by atoms with van der Waals surface area (Å²) in [4.78, 5) is 24.4. The van der Waals surface area contributed by atoms with Crippen molar-refractivity contribution in [2.45, 2.75) is 11.8 Å². The molecule has 0 fully saturated rings. The number of anilines is 1. The Labute approximate surface area is 185 Å². The van der Waals surface area contributed by atoms with Gasteiger partial charge in [-0.2, -0.15) is 0 Å². The molecule has 2 amide bonds. The highest BCUT2D eigenvalue weighted by Gasteiger charge is 2.14. The maximum atomic E-state index is 13.6. The third-order valence-electron chi connectivity index (χ3n) is 4.58. The molecular formula is C23H22FN3O4S. The Morgan fingerprint density at radius 3 is 1.97 bits per heavy atom. The fourth-order valence-corrected chi connectivity index (χ4v) is 3.87. The zero-order chi connectivity index (χ0) is 23.1. The minimum Gasteiger partial charge on any atom is -0.350 e. The highest BCUT2D eigenvalue weighted by molar-refractivity contribution is 7.92. The van der Waals surface area contributed by atoms with Gasteiger partial charge < -0.3 is 10.6 Å². The number of amides is 2. The van der Waals surface area contributed by atoms with Gasteiger partial charge in [0.15, 0.2) is 0 Å². The molecule has 3 aromatic carbocycles. The molecule has 0 aliphatic heterocycles. The molecule has 0 radical (unpaired) electrons. The maximum Gasteiger partial charge on any atom is 0.261 e. The van der Waals surface area contributed by atoms with Crippen LogP contribution in [-0.4, -0.2) is 33.3 Å². The minimum atomic E-state index is -3.71. The molecule has 0 aliphatic rings. The van der Waals surface area contributed by atoms with Crippen LogP contribution in [-0.2, 0) is 10.0 Å². The van der Waals surface area contributed by atoms with E-state index in [0.717, 1.165) is 6.07 Å². The first-order chi connectivity index (χ1) is 15.3. The predicted molar refractivity (Wildman–Crippen MR) is 119 cm³/mol. The van der Waals surface area contributed by atoms with Crippen molar-refractivity contribution in [2.75, 3.05) is 17.8 Å². The lowest BCUT2D eigenvalue weighted by atomic mass is 10.1. The van der Waals surface area contributed by atoms with Crippen molar-refractivity contribution < 1.29 is 22.4 Å². The number of nitrogens with one attached hydrogen (secondary N) is 3. The molecule has 0 spiro atoms. The largest absolute Gasteiger partial charge is 0.350 e. The van der Waals surface area contributed by atoms with Crippen LogP contribution in [0.1, 0.15) is 26.3 Å². The van der Waals surface area contributed by atoms with Crippen molar-refractivity contribution in [3.05, 3.63) is 95.3 Å². The lowest BCUT2D eigenvalue weighted by molar-refractivity contribution is 0.0927. The Morgan fingerprint density at radius 1 is 0.812 bits per heavy atom. The van der Waals surface area contributed by atoms with Gasteiger partial charge in [0.05, 0.1) is 4.90 Å². The van der Waals surface area contributed by atoms with Gasteiger partial charge in [-0.1, -0.05) is 24.3 Å². The average Bonchev–Trinajstić information content (AvgIpc) is 2.79. The standard InChI is InChI=1S/C23H22FN3O4S/c1-16-7-8-18(15-21(16)24)23(29)26-14-13-25-22(28)17-9-11-19(12-10-17)27-32(30,31)20-5-3-2-4-6-20/h2-12,15,27H,13-14H2,1H3,(H,25,28)(H,26,29). The normalized spacial score (nSPS) is 10.9. The molecule has 0 saturated heterocycles. The Hall–Kier alpha value is -3.72. The summed E-state index contributed by atoms with van der Waals surface area (Å²) in [6.07, 6.45) is 0. The first-order valence-corrected chi connectivity index (χ1v) is 11.2. The van der Waals surface area contributed by atoms with Crippen LogP contribution < -0.4 is 15.4 Å². The Bertz CT molecular complexity index is 1210. The van der Waals surface area contributed by atoms with Crippen LogP contribution in [0.2, 0.25) is 0 Å². The second-order valence-corrected chi connectivity index (χ2v) is 8.65. The lowest BCUT2D eigenvalue weighted by Gasteiger charge is -2.10.